The van der Waals surface area contributed by atoms with Gasteiger partial charge in [0.1, 0.15) is 17.3 Å². The molecule has 0 aliphatic carbocycles. The van der Waals surface area contributed by atoms with Crippen LogP contribution in [0.4, 0.5) is 0 Å². The summed E-state index contributed by atoms with van der Waals surface area (Å²) in [5.41, 5.74) is 0. The van der Waals surface area contributed by atoms with Gasteiger partial charge in [-0.25, -0.2) is 0 Å². The number of nitrogens with one attached hydrogen (secondary N) is 1. The molecule has 152 valence electrons. The van der Waals surface area contributed by atoms with Gasteiger partial charge in [-0.05, 0) is 68.8 Å². The number of rotatable bonds is 10. The van der Waals surface area contributed by atoms with E-state index in [1.165, 1.54) is 19.3 Å². The monoisotopic (exact) mass is 386 g/mol. The van der Waals surface area contributed by atoms with Crippen molar-refractivity contribution in [2.45, 2.75) is 38.6 Å². The summed E-state index contributed by atoms with van der Waals surface area (Å²) in [4.78, 5) is 14.7. The first kappa shape index (κ1) is 20.3. The number of nitrogens with zero attached hydrogens (tertiary/aromatic N) is 1. The lowest BCUT2D eigenvalue weighted by molar-refractivity contribution is -0.123. The first-order chi connectivity index (χ1) is 13.8. The molecule has 2 heterocycles. The van der Waals surface area contributed by atoms with Gasteiger partial charge in [-0.1, -0.05) is 13.3 Å². The number of hydrogen-bond donors (Lipinski definition) is 1. The van der Waals surface area contributed by atoms with Crippen LogP contribution in [-0.2, 0) is 4.79 Å². The Hall–Kier alpha value is -2.47. The lowest BCUT2D eigenvalue weighted by Gasteiger charge is -2.33. The van der Waals surface area contributed by atoms with Crippen molar-refractivity contribution in [3.05, 3.63) is 48.4 Å². The zero-order valence-electron chi connectivity index (χ0n) is 16.6. The molecule has 0 bridgehead atoms. The predicted octanol–water partition coefficient (Wildman–Crippen LogP) is 3.79. The summed E-state index contributed by atoms with van der Waals surface area (Å²) in [5, 5.41) is 2.99. The molecule has 0 saturated carbocycles. The average Bonchev–Trinajstić information content (AvgIpc) is 3.27. The molecule has 1 aromatic heterocycles. The number of furan rings is 1. The van der Waals surface area contributed by atoms with Crippen molar-refractivity contribution in [3.8, 4) is 11.5 Å². The Bertz CT molecular complexity index is 694. The maximum Gasteiger partial charge on any atom is 0.258 e. The first-order valence-corrected chi connectivity index (χ1v) is 10.2. The minimum Gasteiger partial charge on any atom is -0.494 e. The smallest absolute Gasteiger partial charge is 0.258 e. The molecule has 1 unspecified atom stereocenters. The van der Waals surface area contributed by atoms with Gasteiger partial charge >= 0.3 is 0 Å². The van der Waals surface area contributed by atoms with Gasteiger partial charge in [-0.15, -0.1) is 0 Å². The molecular formula is C22H30N2O4. The standard InChI is InChI=1S/C22H30N2O4/c1-2-14-26-18-8-10-19(11-9-18)28-17-22(25)23-16-20(21-7-6-15-27-21)24-12-4-3-5-13-24/h6-11,15,20H,2-5,12-14,16-17H2,1H3,(H,23,25). The highest BCUT2D eigenvalue weighted by Gasteiger charge is 2.24. The number of amides is 1. The number of benzene rings is 1. The minimum absolute atomic E-state index is 0.0139. The summed E-state index contributed by atoms with van der Waals surface area (Å²) >= 11 is 0. The van der Waals surface area contributed by atoms with Crippen molar-refractivity contribution in [2.24, 2.45) is 0 Å². The van der Waals surface area contributed by atoms with Crippen LogP contribution in [-0.4, -0.2) is 43.7 Å². The third-order valence-corrected chi connectivity index (χ3v) is 4.86. The van der Waals surface area contributed by atoms with Crippen LogP contribution in [0.15, 0.2) is 47.1 Å². The largest absolute Gasteiger partial charge is 0.494 e. The molecule has 1 amide bonds. The molecular weight excluding hydrogens is 356 g/mol. The molecule has 3 rings (SSSR count). The van der Waals surface area contributed by atoms with E-state index in [1.807, 2.05) is 36.4 Å². The first-order valence-electron chi connectivity index (χ1n) is 10.2. The number of ether oxygens (including phenoxy) is 2. The topological polar surface area (TPSA) is 63.9 Å². The molecule has 1 fully saturated rings. The maximum absolute atomic E-state index is 12.3. The van der Waals surface area contributed by atoms with E-state index in [-0.39, 0.29) is 18.6 Å². The number of likely N-dealkylation sites (tertiary alicyclic amines) is 1. The van der Waals surface area contributed by atoms with Crippen molar-refractivity contribution >= 4 is 5.91 Å². The second-order valence-electron chi connectivity index (χ2n) is 7.04. The normalized spacial score (nSPS) is 15.8. The average molecular weight is 386 g/mol. The summed E-state index contributed by atoms with van der Waals surface area (Å²) in [6, 6.07) is 11.3. The summed E-state index contributed by atoms with van der Waals surface area (Å²) in [6.45, 7) is 5.32. The fourth-order valence-corrected chi connectivity index (χ4v) is 3.38. The van der Waals surface area contributed by atoms with Gasteiger partial charge in [0.15, 0.2) is 6.61 Å². The number of carbonyl (C=O) groups excluding carboxylic acids is 1. The molecule has 0 radical (unpaired) electrons. The molecule has 1 saturated heterocycles. The molecule has 1 aliphatic rings. The SMILES string of the molecule is CCCOc1ccc(OCC(=O)NCC(c2ccco2)N2CCCCC2)cc1. The van der Waals surface area contributed by atoms with E-state index in [2.05, 4.69) is 17.1 Å². The summed E-state index contributed by atoms with van der Waals surface area (Å²) in [5.74, 6) is 2.21. The van der Waals surface area contributed by atoms with Crippen LogP contribution in [0.2, 0.25) is 0 Å². The molecule has 1 atom stereocenters. The second-order valence-corrected chi connectivity index (χ2v) is 7.04. The third kappa shape index (κ3) is 6.02. The Morgan fingerprint density at radius 3 is 2.46 bits per heavy atom. The Balaban J connectivity index is 1.46. The highest BCUT2D eigenvalue weighted by atomic mass is 16.5. The molecule has 0 spiro atoms. The number of hydrogen-bond acceptors (Lipinski definition) is 5. The van der Waals surface area contributed by atoms with Crippen molar-refractivity contribution < 1.29 is 18.7 Å². The zero-order chi connectivity index (χ0) is 19.6. The molecule has 28 heavy (non-hydrogen) atoms. The number of carbonyl (C=O) groups is 1. The summed E-state index contributed by atoms with van der Waals surface area (Å²) in [7, 11) is 0. The predicted molar refractivity (Wildman–Crippen MR) is 108 cm³/mol. The Kier molecular flexibility index (Phi) is 7.79. The van der Waals surface area contributed by atoms with Crippen LogP contribution in [0.3, 0.4) is 0 Å². The number of piperidine rings is 1. The molecule has 6 heteroatoms. The summed E-state index contributed by atoms with van der Waals surface area (Å²) in [6.07, 6.45) is 6.29. The fraction of sp³-hybridized carbons (Fsp3) is 0.500. The second kappa shape index (κ2) is 10.8. The van der Waals surface area contributed by atoms with E-state index in [0.717, 1.165) is 31.0 Å². The highest BCUT2D eigenvalue weighted by molar-refractivity contribution is 5.77. The van der Waals surface area contributed by atoms with Gasteiger partial charge < -0.3 is 19.2 Å². The van der Waals surface area contributed by atoms with Gasteiger partial charge in [-0.2, -0.15) is 0 Å². The molecule has 1 aliphatic heterocycles. The third-order valence-electron chi connectivity index (χ3n) is 4.86. The van der Waals surface area contributed by atoms with Crippen LogP contribution in [0.5, 0.6) is 11.5 Å². The minimum atomic E-state index is -0.139. The maximum atomic E-state index is 12.3. The zero-order valence-corrected chi connectivity index (χ0v) is 16.6. The van der Waals surface area contributed by atoms with Crippen LogP contribution >= 0.6 is 0 Å². The van der Waals surface area contributed by atoms with E-state index in [0.29, 0.717) is 18.9 Å². The van der Waals surface area contributed by atoms with Gasteiger partial charge in [-0.3, -0.25) is 9.69 Å². The van der Waals surface area contributed by atoms with Crippen LogP contribution in [0, 0.1) is 0 Å². The lowest BCUT2D eigenvalue weighted by Crippen LogP contribution is -2.41. The van der Waals surface area contributed by atoms with Gasteiger partial charge in [0.05, 0.1) is 18.9 Å². The lowest BCUT2D eigenvalue weighted by atomic mass is 10.1. The molecule has 2 aromatic rings. The molecule has 1 aromatic carbocycles. The van der Waals surface area contributed by atoms with E-state index >= 15 is 0 Å². The van der Waals surface area contributed by atoms with E-state index < -0.39 is 0 Å². The molecule has 1 N–H and O–H groups in total. The fourth-order valence-electron chi connectivity index (χ4n) is 3.38. The van der Waals surface area contributed by atoms with Gasteiger partial charge in [0, 0.05) is 6.54 Å². The quantitative estimate of drug-likeness (QED) is 0.673. The van der Waals surface area contributed by atoms with Crippen LogP contribution < -0.4 is 14.8 Å². The summed E-state index contributed by atoms with van der Waals surface area (Å²) < 4.78 is 16.7. The Labute approximate surface area is 166 Å². The highest BCUT2D eigenvalue weighted by Crippen LogP contribution is 2.24. The molecule has 6 nitrogen and oxygen atoms in total. The Morgan fingerprint density at radius 1 is 1.11 bits per heavy atom. The van der Waals surface area contributed by atoms with E-state index in [1.54, 1.807) is 6.26 Å². The van der Waals surface area contributed by atoms with Crippen LogP contribution in [0.25, 0.3) is 0 Å². The van der Waals surface area contributed by atoms with Crippen molar-refractivity contribution in [1.29, 1.82) is 0 Å². The Morgan fingerprint density at radius 2 is 1.82 bits per heavy atom. The van der Waals surface area contributed by atoms with E-state index in [4.69, 9.17) is 13.9 Å². The van der Waals surface area contributed by atoms with Crippen LogP contribution in [0.1, 0.15) is 44.4 Å². The van der Waals surface area contributed by atoms with Gasteiger partial charge in [0.2, 0.25) is 0 Å². The van der Waals surface area contributed by atoms with Crippen molar-refractivity contribution in [2.75, 3.05) is 32.8 Å². The van der Waals surface area contributed by atoms with Crippen molar-refractivity contribution in [3.63, 3.8) is 0 Å². The van der Waals surface area contributed by atoms with Gasteiger partial charge in [0.25, 0.3) is 5.91 Å². The van der Waals surface area contributed by atoms with Crippen molar-refractivity contribution in [1.82, 2.24) is 10.2 Å². The van der Waals surface area contributed by atoms with E-state index in [9.17, 15) is 4.79 Å².